The first-order valence-corrected chi connectivity index (χ1v) is 11.5. The van der Waals surface area contributed by atoms with Crippen LogP contribution in [0.2, 0.25) is 0 Å². The fraction of sp³-hybridized carbons (Fsp3) is 0.619. The number of benzene rings is 1. The quantitative estimate of drug-likeness (QED) is 0.748. The highest BCUT2D eigenvalue weighted by molar-refractivity contribution is 7.89. The summed E-state index contributed by atoms with van der Waals surface area (Å²) < 4.78 is 27.4. The zero-order valence-electron chi connectivity index (χ0n) is 18.1. The Hall–Kier alpha value is -1.93. The average Bonchev–Trinajstić information content (AvgIpc) is 2.81. The average molecular weight is 422 g/mol. The molecule has 2 atom stereocenters. The predicted octanol–water partition coefficient (Wildman–Crippen LogP) is 2.35. The van der Waals surface area contributed by atoms with Crippen LogP contribution in [0.5, 0.6) is 0 Å². The number of nitrogens with zero attached hydrogens (tertiary/aromatic N) is 3. The van der Waals surface area contributed by atoms with E-state index in [4.69, 9.17) is 0 Å². The molecule has 1 aromatic carbocycles. The molecule has 0 unspecified atom stereocenters. The van der Waals surface area contributed by atoms with Gasteiger partial charge in [0, 0.05) is 31.9 Å². The summed E-state index contributed by atoms with van der Waals surface area (Å²) >= 11 is 0. The van der Waals surface area contributed by atoms with Gasteiger partial charge in [0.05, 0.1) is 16.9 Å². The maximum Gasteiger partial charge on any atom is 0.243 e. The molecule has 0 aromatic heterocycles. The van der Waals surface area contributed by atoms with Gasteiger partial charge in [-0.3, -0.25) is 9.59 Å². The third-order valence-corrected chi connectivity index (χ3v) is 8.19. The summed E-state index contributed by atoms with van der Waals surface area (Å²) in [7, 11) is -0.735. The second kappa shape index (κ2) is 7.40. The van der Waals surface area contributed by atoms with E-state index in [0.29, 0.717) is 11.3 Å². The Morgan fingerprint density at radius 2 is 1.79 bits per heavy atom. The molecule has 1 fully saturated rings. The van der Waals surface area contributed by atoms with Gasteiger partial charge < -0.3 is 9.80 Å². The lowest BCUT2D eigenvalue weighted by atomic mass is 9.86. The van der Waals surface area contributed by atoms with Crippen LogP contribution in [-0.4, -0.2) is 62.2 Å². The van der Waals surface area contributed by atoms with E-state index in [9.17, 15) is 18.0 Å². The van der Waals surface area contributed by atoms with Gasteiger partial charge in [0.1, 0.15) is 0 Å². The van der Waals surface area contributed by atoms with Crippen LogP contribution in [0.15, 0.2) is 23.1 Å². The number of likely N-dealkylation sites (tertiary alicyclic amines) is 1. The number of hydrogen-bond acceptors (Lipinski definition) is 4. The van der Waals surface area contributed by atoms with Gasteiger partial charge in [-0.05, 0) is 70.7 Å². The summed E-state index contributed by atoms with van der Waals surface area (Å²) in [6.07, 6.45) is 2.96. The first kappa shape index (κ1) is 21.8. The maximum absolute atomic E-state index is 13.1. The molecule has 0 saturated carbocycles. The minimum absolute atomic E-state index is 0.0707. The lowest BCUT2D eigenvalue weighted by molar-refractivity contribution is -0.137. The molecule has 7 nitrogen and oxygen atoms in total. The zero-order valence-corrected chi connectivity index (χ0v) is 18.9. The Bertz CT molecular complexity index is 931. The summed E-state index contributed by atoms with van der Waals surface area (Å²) in [4.78, 5) is 28.8. The lowest BCUT2D eigenvalue weighted by Gasteiger charge is -2.39. The van der Waals surface area contributed by atoms with Crippen molar-refractivity contribution in [2.75, 3.05) is 25.5 Å². The van der Waals surface area contributed by atoms with Crippen LogP contribution >= 0.6 is 0 Å². The second-order valence-corrected chi connectivity index (χ2v) is 10.9. The normalized spacial score (nSPS) is 24.2. The molecule has 3 rings (SSSR count). The van der Waals surface area contributed by atoms with Crippen molar-refractivity contribution in [1.82, 2.24) is 9.21 Å². The molecular weight excluding hydrogens is 390 g/mol. The molecule has 0 spiro atoms. The summed E-state index contributed by atoms with van der Waals surface area (Å²) in [6, 6.07) is 4.97. The molecule has 160 valence electrons. The van der Waals surface area contributed by atoms with Crippen molar-refractivity contribution in [2.24, 2.45) is 0 Å². The van der Waals surface area contributed by atoms with Crippen LogP contribution in [0.4, 0.5) is 5.69 Å². The van der Waals surface area contributed by atoms with Gasteiger partial charge in [-0.25, -0.2) is 8.42 Å². The van der Waals surface area contributed by atoms with Crippen LogP contribution in [0.25, 0.3) is 0 Å². The molecule has 0 aliphatic carbocycles. The van der Waals surface area contributed by atoms with E-state index in [1.54, 1.807) is 37.9 Å². The number of sulfonamides is 1. The molecule has 29 heavy (non-hydrogen) atoms. The Balaban J connectivity index is 1.85. The van der Waals surface area contributed by atoms with Crippen LogP contribution < -0.4 is 4.90 Å². The number of carbonyl (C=O) groups excluding carboxylic acids is 2. The second-order valence-electron chi connectivity index (χ2n) is 8.86. The molecule has 1 saturated heterocycles. The van der Waals surface area contributed by atoms with Gasteiger partial charge in [-0.15, -0.1) is 0 Å². The highest BCUT2D eigenvalue weighted by Crippen LogP contribution is 2.41. The number of carbonyl (C=O) groups is 2. The van der Waals surface area contributed by atoms with Gasteiger partial charge in [-0.1, -0.05) is 0 Å². The van der Waals surface area contributed by atoms with Crippen molar-refractivity contribution in [1.29, 1.82) is 0 Å². The third-order valence-electron chi connectivity index (χ3n) is 6.39. The summed E-state index contributed by atoms with van der Waals surface area (Å²) in [5.74, 6) is -0.245. The van der Waals surface area contributed by atoms with E-state index in [-0.39, 0.29) is 35.3 Å². The van der Waals surface area contributed by atoms with Gasteiger partial charge in [-0.2, -0.15) is 4.31 Å². The number of piperidine rings is 1. The number of amides is 2. The van der Waals surface area contributed by atoms with Crippen LogP contribution in [0, 0.1) is 0 Å². The SMILES string of the molecule is C[C@@H]1CCC[C@@H](C)N1C(=O)CN(C)S(=O)(=O)c1ccc2c(c1)C(C)(C)C(=O)N2C. The van der Waals surface area contributed by atoms with E-state index in [1.807, 2.05) is 18.7 Å². The Morgan fingerprint density at radius 3 is 2.38 bits per heavy atom. The fourth-order valence-corrected chi connectivity index (χ4v) is 5.71. The number of likely N-dealkylation sites (N-methyl/N-ethyl adjacent to an activating group) is 2. The fourth-order valence-electron chi connectivity index (χ4n) is 4.56. The number of hydrogen-bond donors (Lipinski definition) is 0. The van der Waals surface area contributed by atoms with Crippen molar-refractivity contribution in [3.8, 4) is 0 Å². The number of fused-ring (bicyclic) bond motifs is 1. The van der Waals surface area contributed by atoms with Crippen molar-refractivity contribution in [3.05, 3.63) is 23.8 Å². The van der Waals surface area contributed by atoms with E-state index >= 15 is 0 Å². The number of anilines is 1. The third kappa shape index (κ3) is 3.57. The van der Waals surface area contributed by atoms with Gasteiger partial charge in [0.2, 0.25) is 21.8 Å². The van der Waals surface area contributed by atoms with E-state index in [2.05, 4.69) is 0 Å². The van der Waals surface area contributed by atoms with E-state index < -0.39 is 15.4 Å². The van der Waals surface area contributed by atoms with Crippen molar-refractivity contribution in [3.63, 3.8) is 0 Å². The van der Waals surface area contributed by atoms with Crippen LogP contribution in [-0.2, 0) is 25.0 Å². The van der Waals surface area contributed by atoms with Gasteiger partial charge in [0.15, 0.2) is 0 Å². The molecule has 0 N–H and O–H groups in total. The van der Waals surface area contributed by atoms with Crippen molar-refractivity contribution < 1.29 is 18.0 Å². The monoisotopic (exact) mass is 421 g/mol. The highest BCUT2D eigenvalue weighted by atomic mass is 32.2. The molecule has 2 aliphatic heterocycles. The summed E-state index contributed by atoms with van der Waals surface area (Å²) in [5.41, 5.74) is 0.612. The highest BCUT2D eigenvalue weighted by Gasteiger charge is 2.43. The Kier molecular flexibility index (Phi) is 5.55. The molecule has 2 amide bonds. The van der Waals surface area contributed by atoms with Crippen molar-refractivity contribution in [2.45, 2.75) is 69.4 Å². The standard InChI is InChI=1S/C21H31N3O4S/c1-14-8-7-9-15(2)24(14)19(25)13-22(5)29(27,28)16-10-11-18-17(12-16)21(3,4)20(26)23(18)6/h10-12,14-15H,7-9,13H2,1-6H3/t14-,15-/m1/s1. The maximum atomic E-state index is 13.1. The summed E-state index contributed by atoms with van der Waals surface area (Å²) in [6.45, 7) is 7.41. The van der Waals surface area contributed by atoms with Gasteiger partial charge in [0.25, 0.3) is 0 Å². The minimum atomic E-state index is -3.86. The molecule has 1 aromatic rings. The molecule has 2 heterocycles. The smallest absolute Gasteiger partial charge is 0.243 e. The Labute approximate surface area is 173 Å². The zero-order chi connectivity index (χ0) is 21.7. The lowest BCUT2D eigenvalue weighted by Crippen LogP contribution is -2.51. The Morgan fingerprint density at radius 1 is 1.21 bits per heavy atom. The molecular formula is C21H31N3O4S. The van der Waals surface area contributed by atoms with Crippen molar-refractivity contribution >= 4 is 27.5 Å². The molecule has 0 bridgehead atoms. The minimum Gasteiger partial charge on any atom is -0.336 e. The van der Waals surface area contributed by atoms with E-state index in [0.717, 1.165) is 23.6 Å². The molecule has 2 aliphatic rings. The first-order chi connectivity index (χ1) is 13.4. The van der Waals surface area contributed by atoms with Crippen LogP contribution in [0.3, 0.4) is 0 Å². The topological polar surface area (TPSA) is 78.0 Å². The summed E-state index contributed by atoms with van der Waals surface area (Å²) in [5, 5.41) is 0. The molecule has 8 heteroatoms. The molecule has 0 radical (unpaired) electrons. The van der Waals surface area contributed by atoms with E-state index in [1.165, 1.54) is 13.1 Å². The van der Waals surface area contributed by atoms with Crippen LogP contribution in [0.1, 0.15) is 52.5 Å². The first-order valence-electron chi connectivity index (χ1n) is 10.1. The largest absolute Gasteiger partial charge is 0.336 e. The number of rotatable bonds is 4. The van der Waals surface area contributed by atoms with Gasteiger partial charge >= 0.3 is 0 Å². The predicted molar refractivity (Wildman–Crippen MR) is 112 cm³/mol.